The molecule has 0 saturated carbocycles. The lowest BCUT2D eigenvalue weighted by molar-refractivity contribution is -0.114. The van der Waals surface area contributed by atoms with E-state index in [1.54, 1.807) is 19.2 Å². The zero-order valence-electron chi connectivity index (χ0n) is 12.7. The van der Waals surface area contributed by atoms with Crippen LogP contribution >= 0.6 is 23.1 Å². The molecular formula is C14H16N4O3S2. The Morgan fingerprint density at radius 1 is 1.17 bits per heavy atom. The minimum absolute atomic E-state index is 0.165. The second-order valence-corrected chi connectivity index (χ2v) is 6.58. The molecule has 0 unspecified atom stereocenters. The molecule has 23 heavy (non-hydrogen) atoms. The number of amides is 2. The van der Waals surface area contributed by atoms with Crippen LogP contribution in [0.15, 0.2) is 24.3 Å². The van der Waals surface area contributed by atoms with E-state index in [9.17, 15) is 9.59 Å². The van der Waals surface area contributed by atoms with Gasteiger partial charge in [-0.15, -0.1) is 22.0 Å². The highest BCUT2D eigenvalue weighted by molar-refractivity contribution is 8.00. The van der Waals surface area contributed by atoms with Crippen LogP contribution in [0.4, 0.5) is 10.8 Å². The van der Waals surface area contributed by atoms with Gasteiger partial charge in [-0.05, 0) is 19.1 Å². The summed E-state index contributed by atoms with van der Waals surface area (Å²) >= 11 is 2.52. The van der Waals surface area contributed by atoms with Gasteiger partial charge in [0.25, 0.3) is 0 Å². The van der Waals surface area contributed by atoms with Gasteiger partial charge in [-0.2, -0.15) is 0 Å². The summed E-state index contributed by atoms with van der Waals surface area (Å²) in [6.45, 7) is 1.81. The van der Waals surface area contributed by atoms with Crippen molar-refractivity contribution in [3.63, 3.8) is 0 Å². The lowest BCUT2D eigenvalue weighted by Crippen LogP contribution is -2.18. The molecule has 0 aliphatic carbocycles. The summed E-state index contributed by atoms with van der Waals surface area (Å²) in [4.78, 5) is 23.6. The van der Waals surface area contributed by atoms with Crippen LogP contribution in [-0.4, -0.2) is 40.6 Å². The number of methoxy groups -OCH3 is 1. The van der Waals surface area contributed by atoms with Crippen molar-refractivity contribution < 1.29 is 14.3 Å². The molecule has 0 aliphatic rings. The molecule has 0 saturated heterocycles. The van der Waals surface area contributed by atoms with Crippen LogP contribution in [0.1, 0.15) is 5.01 Å². The SMILES string of the molecule is COc1ccccc1NC(=O)CSCC(=O)Nc1nnc(C)s1. The van der Waals surface area contributed by atoms with Crippen LogP contribution in [0.5, 0.6) is 5.75 Å². The number of hydrogen-bond donors (Lipinski definition) is 2. The highest BCUT2D eigenvalue weighted by atomic mass is 32.2. The van der Waals surface area contributed by atoms with Crippen molar-refractivity contribution in [1.29, 1.82) is 0 Å². The van der Waals surface area contributed by atoms with E-state index < -0.39 is 0 Å². The minimum atomic E-state index is -0.212. The number of aryl methyl sites for hydroxylation is 1. The third-order valence-corrected chi connectivity index (χ3v) is 4.31. The number of nitrogens with zero attached hydrogens (tertiary/aromatic N) is 2. The summed E-state index contributed by atoms with van der Waals surface area (Å²) in [5.41, 5.74) is 0.606. The number of carbonyl (C=O) groups is 2. The minimum Gasteiger partial charge on any atom is -0.495 e. The van der Waals surface area contributed by atoms with Crippen LogP contribution in [0, 0.1) is 6.92 Å². The number of benzene rings is 1. The van der Waals surface area contributed by atoms with Gasteiger partial charge in [0.1, 0.15) is 10.8 Å². The maximum atomic E-state index is 11.9. The molecule has 0 aliphatic heterocycles. The second kappa shape index (κ2) is 8.49. The zero-order valence-corrected chi connectivity index (χ0v) is 14.3. The van der Waals surface area contributed by atoms with Crippen molar-refractivity contribution in [2.75, 3.05) is 29.2 Å². The van der Waals surface area contributed by atoms with Gasteiger partial charge in [0.05, 0.1) is 24.3 Å². The number of carbonyl (C=O) groups excluding carboxylic acids is 2. The topological polar surface area (TPSA) is 93.2 Å². The fourth-order valence-corrected chi connectivity index (χ4v) is 2.90. The Kier molecular flexibility index (Phi) is 6.36. The van der Waals surface area contributed by atoms with Gasteiger partial charge in [0, 0.05) is 0 Å². The number of nitrogens with one attached hydrogen (secondary N) is 2. The van der Waals surface area contributed by atoms with Crippen LogP contribution in [0.2, 0.25) is 0 Å². The molecule has 2 rings (SSSR count). The number of para-hydroxylation sites is 2. The maximum Gasteiger partial charge on any atom is 0.236 e. The molecule has 122 valence electrons. The first-order valence-corrected chi connectivity index (χ1v) is 8.66. The summed E-state index contributed by atoms with van der Waals surface area (Å²) in [5, 5.41) is 14.3. The smallest absolute Gasteiger partial charge is 0.236 e. The highest BCUT2D eigenvalue weighted by Gasteiger charge is 2.10. The summed E-state index contributed by atoms with van der Waals surface area (Å²) in [6, 6.07) is 7.15. The van der Waals surface area contributed by atoms with Crippen molar-refractivity contribution in [3.8, 4) is 5.75 Å². The average Bonchev–Trinajstić information content (AvgIpc) is 2.92. The normalized spacial score (nSPS) is 10.2. The van der Waals surface area contributed by atoms with E-state index in [1.807, 2.05) is 19.1 Å². The molecule has 1 heterocycles. The van der Waals surface area contributed by atoms with Crippen molar-refractivity contribution in [1.82, 2.24) is 10.2 Å². The van der Waals surface area contributed by atoms with Crippen molar-refractivity contribution in [2.45, 2.75) is 6.92 Å². The first-order valence-electron chi connectivity index (χ1n) is 6.69. The summed E-state index contributed by atoms with van der Waals surface area (Å²) < 4.78 is 5.16. The first kappa shape index (κ1) is 17.2. The monoisotopic (exact) mass is 352 g/mol. The molecule has 2 N–H and O–H groups in total. The van der Waals surface area contributed by atoms with E-state index in [-0.39, 0.29) is 23.3 Å². The largest absolute Gasteiger partial charge is 0.495 e. The Morgan fingerprint density at radius 3 is 2.52 bits per heavy atom. The highest BCUT2D eigenvalue weighted by Crippen LogP contribution is 2.23. The summed E-state index contributed by atoms with van der Waals surface area (Å²) in [6.07, 6.45) is 0. The molecule has 1 aromatic carbocycles. The molecule has 0 bridgehead atoms. The molecule has 0 radical (unpaired) electrons. The van der Waals surface area contributed by atoms with Crippen LogP contribution in [0.25, 0.3) is 0 Å². The standard InChI is InChI=1S/C14H16N4O3S2/c1-9-17-18-14(23-9)16-13(20)8-22-7-12(19)15-10-5-3-4-6-11(10)21-2/h3-6H,7-8H2,1-2H3,(H,15,19)(H,16,18,20). The first-order chi connectivity index (χ1) is 11.1. The average molecular weight is 352 g/mol. The molecule has 0 fully saturated rings. The van der Waals surface area contributed by atoms with Gasteiger partial charge in [-0.1, -0.05) is 23.5 Å². The number of anilines is 2. The summed E-state index contributed by atoms with van der Waals surface area (Å²) in [5.74, 6) is 0.518. The van der Waals surface area contributed by atoms with E-state index in [4.69, 9.17) is 4.74 Å². The van der Waals surface area contributed by atoms with Gasteiger partial charge in [0.15, 0.2) is 0 Å². The molecule has 2 amide bonds. The fraction of sp³-hybridized carbons (Fsp3) is 0.286. The molecule has 2 aromatic rings. The van der Waals surface area contributed by atoms with Crippen LogP contribution < -0.4 is 15.4 Å². The number of hydrogen-bond acceptors (Lipinski definition) is 7. The Balaban J connectivity index is 1.73. The molecule has 1 aromatic heterocycles. The van der Waals surface area contributed by atoms with Gasteiger partial charge < -0.3 is 10.1 Å². The van der Waals surface area contributed by atoms with Crippen molar-refractivity contribution in [2.24, 2.45) is 0 Å². The predicted octanol–water partition coefficient (Wildman–Crippen LogP) is 2.17. The van der Waals surface area contributed by atoms with Gasteiger partial charge in [0.2, 0.25) is 16.9 Å². The number of aromatic nitrogens is 2. The zero-order chi connectivity index (χ0) is 16.7. The molecular weight excluding hydrogens is 336 g/mol. The van der Waals surface area contributed by atoms with Gasteiger partial charge in [-0.3, -0.25) is 14.9 Å². The maximum absolute atomic E-state index is 11.9. The number of rotatable bonds is 7. The molecule has 0 spiro atoms. The van der Waals surface area contributed by atoms with E-state index in [1.165, 1.54) is 23.1 Å². The third kappa shape index (κ3) is 5.53. The van der Waals surface area contributed by atoms with Crippen LogP contribution in [-0.2, 0) is 9.59 Å². The third-order valence-electron chi connectivity index (χ3n) is 2.62. The van der Waals surface area contributed by atoms with Crippen LogP contribution in [0.3, 0.4) is 0 Å². The van der Waals surface area contributed by atoms with E-state index in [0.29, 0.717) is 16.6 Å². The Labute approximate surface area is 141 Å². The molecule has 7 nitrogen and oxygen atoms in total. The summed E-state index contributed by atoms with van der Waals surface area (Å²) in [7, 11) is 1.54. The van der Waals surface area contributed by atoms with E-state index in [0.717, 1.165) is 5.01 Å². The fourth-order valence-electron chi connectivity index (χ4n) is 1.67. The molecule has 9 heteroatoms. The van der Waals surface area contributed by atoms with E-state index >= 15 is 0 Å². The Morgan fingerprint density at radius 2 is 1.87 bits per heavy atom. The number of ether oxygens (including phenoxy) is 1. The van der Waals surface area contributed by atoms with Gasteiger partial charge >= 0.3 is 0 Å². The number of thioether (sulfide) groups is 1. The predicted molar refractivity (Wildman–Crippen MR) is 92.2 cm³/mol. The Bertz CT molecular complexity index is 690. The van der Waals surface area contributed by atoms with E-state index in [2.05, 4.69) is 20.8 Å². The van der Waals surface area contributed by atoms with Gasteiger partial charge in [-0.25, -0.2) is 0 Å². The Hall–Kier alpha value is -2.13. The van der Waals surface area contributed by atoms with Crippen molar-refractivity contribution in [3.05, 3.63) is 29.3 Å². The lowest BCUT2D eigenvalue weighted by atomic mass is 10.3. The second-order valence-electron chi connectivity index (χ2n) is 4.42. The van der Waals surface area contributed by atoms with Crippen molar-refractivity contribution >= 4 is 45.7 Å². The lowest BCUT2D eigenvalue weighted by Gasteiger charge is -2.09. The quantitative estimate of drug-likeness (QED) is 0.793. The molecule has 0 atom stereocenters.